The number of aromatic nitrogens is 2. The number of nitrogens with zero attached hydrogens (tertiary/aromatic N) is 4. The van der Waals surface area contributed by atoms with Crippen LogP contribution < -0.4 is 15.8 Å². The van der Waals surface area contributed by atoms with Gasteiger partial charge >= 0.3 is 0 Å². The Morgan fingerprint density at radius 2 is 1.44 bits per heavy atom. The number of halogens is 1. The highest BCUT2D eigenvalue weighted by Crippen LogP contribution is 2.33. The van der Waals surface area contributed by atoms with Crippen molar-refractivity contribution in [3.05, 3.63) is 88.9 Å². The van der Waals surface area contributed by atoms with Gasteiger partial charge in [0.05, 0.1) is 28.3 Å². The van der Waals surface area contributed by atoms with Gasteiger partial charge in [-0.3, -0.25) is 0 Å². The zero-order valence-electron chi connectivity index (χ0n) is 16.6. The topological polar surface area (TPSA) is 121 Å². The summed E-state index contributed by atoms with van der Waals surface area (Å²) in [4.78, 5) is 8.49. The van der Waals surface area contributed by atoms with E-state index in [1.807, 2.05) is 18.2 Å². The molecule has 0 amide bonds. The molecule has 0 unspecified atom stereocenters. The third-order valence-electron chi connectivity index (χ3n) is 4.49. The molecule has 0 saturated carbocycles. The van der Waals surface area contributed by atoms with E-state index in [9.17, 15) is 0 Å². The third kappa shape index (κ3) is 4.76. The average molecular weight is 439 g/mol. The zero-order chi connectivity index (χ0) is 22.5. The number of nitrogen functional groups attached to an aromatic ring is 1. The van der Waals surface area contributed by atoms with Crippen LogP contribution in [0.5, 0.6) is 11.6 Å². The van der Waals surface area contributed by atoms with Gasteiger partial charge in [-0.05, 0) is 59.7 Å². The van der Waals surface area contributed by atoms with Crippen LogP contribution in [-0.4, -0.2) is 9.97 Å². The van der Waals surface area contributed by atoms with Crippen LogP contribution in [0.3, 0.4) is 0 Å². The maximum Gasteiger partial charge on any atom is 0.232 e. The monoisotopic (exact) mass is 438 g/mol. The van der Waals surface area contributed by atoms with Crippen LogP contribution in [-0.2, 0) is 0 Å². The summed E-state index contributed by atoms with van der Waals surface area (Å²) in [7, 11) is 0. The fraction of sp³-hybridized carbons (Fsp3) is 0. The zero-order valence-corrected chi connectivity index (χ0v) is 17.3. The molecule has 7 nitrogen and oxygen atoms in total. The van der Waals surface area contributed by atoms with E-state index in [0.717, 1.165) is 11.1 Å². The lowest BCUT2D eigenvalue weighted by molar-refractivity contribution is 0.463. The van der Waals surface area contributed by atoms with Crippen molar-refractivity contribution in [3.8, 4) is 34.9 Å². The molecular formula is C24H15ClN6O. The number of rotatable bonds is 5. The molecule has 0 aliphatic rings. The molecular weight excluding hydrogens is 424 g/mol. The van der Waals surface area contributed by atoms with E-state index in [2.05, 4.69) is 27.4 Å². The normalized spacial score (nSPS) is 10.1. The van der Waals surface area contributed by atoms with Gasteiger partial charge in [0.15, 0.2) is 0 Å². The molecule has 1 aromatic heterocycles. The Morgan fingerprint density at radius 1 is 0.812 bits per heavy atom. The van der Waals surface area contributed by atoms with Crippen LogP contribution in [0, 0.1) is 22.7 Å². The molecule has 3 aromatic carbocycles. The highest BCUT2D eigenvalue weighted by molar-refractivity contribution is 6.32. The third-order valence-corrected chi connectivity index (χ3v) is 4.78. The van der Waals surface area contributed by atoms with Crippen molar-refractivity contribution in [2.75, 3.05) is 11.1 Å². The molecule has 154 valence electrons. The van der Waals surface area contributed by atoms with Crippen molar-refractivity contribution in [3.63, 3.8) is 0 Å². The fourth-order valence-electron chi connectivity index (χ4n) is 2.92. The number of hydrogen-bond donors (Lipinski definition) is 2. The molecule has 1 heterocycles. The Balaban J connectivity index is 1.54. The minimum Gasteiger partial charge on any atom is -0.437 e. The van der Waals surface area contributed by atoms with Crippen LogP contribution in [0.4, 0.5) is 17.5 Å². The second kappa shape index (κ2) is 9.05. The van der Waals surface area contributed by atoms with Crippen molar-refractivity contribution >= 4 is 29.1 Å². The maximum atomic E-state index is 8.94. The van der Waals surface area contributed by atoms with E-state index in [1.54, 1.807) is 48.5 Å². The largest absolute Gasteiger partial charge is 0.437 e. The first-order valence-corrected chi connectivity index (χ1v) is 9.81. The maximum absolute atomic E-state index is 8.94. The Morgan fingerprint density at radius 3 is 2.06 bits per heavy atom. The Hall–Kier alpha value is -4.59. The average Bonchev–Trinajstić information content (AvgIpc) is 2.80. The molecule has 0 spiro atoms. The highest BCUT2D eigenvalue weighted by Gasteiger charge is 2.10. The predicted molar refractivity (Wildman–Crippen MR) is 123 cm³/mol. The molecule has 0 saturated heterocycles. The number of hydrogen-bond acceptors (Lipinski definition) is 7. The van der Waals surface area contributed by atoms with Gasteiger partial charge in [0.1, 0.15) is 11.6 Å². The first-order chi connectivity index (χ1) is 15.5. The minimum atomic E-state index is 0.219. The SMILES string of the molecule is N#Cc1ccc(Nc2nc(N)cc(Oc3ccc(-c4ccc(C#N)cc4)cc3Cl)n2)cc1. The van der Waals surface area contributed by atoms with Crippen LogP contribution in [0.15, 0.2) is 72.8 Å². The molecule has 0 fully saturated rings. The summed E-state index contributed by atoms with van der Waals surface area (Å²) in [5, 5.41) is 21.3. The second-order valence-corrected chi connectivity index (χ2v) is 7.11. The lowest BCUT2D eigenvalue weighted by Crippen LogP contribution is -2.02. The van der Waals surface area contributed by atoms with E-state index < -0.39 is 0 Å². The number of ether oxygens (including phenoxy) is 1. The molecule has 32 heavy (non-hydrogen) atoms. The van der Waals surface area contributed by atoms with Gasteiger partial charge in [0.2, 0.25) is 11.8 Å². The van der Waals surface area contributed by atoms with Gasteiger partial charge in [0.25, 0.3) is 0 Å². The summed E-state index contributed by atoms with van der Waals surface area (Å²) >= 11 is 6.43. The molecule has 0 aliphatic heterocycles. The smallest absolute Gasteiger partial charge is 0.232 e. The summed E-state index contributed by atoms with van der Waals surface area (Å²) in [6, 6.07) is 25.1. The standard InChI is InChI=1S/C24H15ClN6O/c25-20-11-18(17-5-1-15(13-26)2-6-17)7-10-21(20)32-23-12-22(28)30-24(31-23)29-19-8-3-16(14-27)4-9-19/h1-12H,(H3,28,29,30,31). The summed E-state index contributed by atoms with van der Waals surface area (Å²) in [5.41, 5.74) is 9.56. The minimum absolute atomic E-state index is 0.219. The number of nitrogens with two attached hydrogens (primary N) is 1. The first kappa shape index (κ1) is 20.7. The van der Waals surface area contributed by atoms with E-state index in [-0.39, 0.29) is 17.6 Å². The Bertz CT molecular complexity index is 1360. The molecule has 4 rings (SSSR count). The van der Waals surface area contributed by atoms with E-state index >= 15 is 0 Å². The molecule has 8 heteroatoms. The number of benzene rings is 3. The number of nitriles is 2. The molecule has 4 aromatic rings. The van der Waals surface area contributed by atoms with Gasteiger partial charge < -0.3 is 15.8 Å². The van der Waals surface area contributed by atoms with Crippen LogP contribution in [0.2, 0.25) is 5.02 Å². The molecule has 0 atom stereocenters. The summed E-state index contributed by atoms with van der Waals surface area (Å²) in [5.74, 6) is 1.10. The van der Waals surface area contributed by atoms with Crippen molar-refractivity contribution in [2.45, 2.75) is 0 Å². The molecule has 0 bridgehead atoms. The Labute approximate surface area is 189 Å². The van der Waals surface area contributed by atoms with E-state index in [1.165, 1.54) is 6.07 Å². The number of nitrogens with one attached hydrogen (secondary N) is 1. The van der Waals surface area contributed by atoms with Gasteiger partial charge in [-0.2, -0.15) is 20.5 Å². The first-order valence-electron chi connectivity index (χ1n) is 9.44. The van der Waals surface area contributed by atoms with Crippen LogP contribution in [0.1, 0.15) is 11.1 Å². The summed E-state index contributed by atoms with van der Waals surface area (Å²) < 4.78 is 5.84. The molecule has 3 N–H and O–H groups in total. The van der Waals surface area contributed by atoms with Crippen molar-refractivity contribution in [2.24, 2.45) is 0 Å². The van der Waals surface area contributed by atoms with Crippen LogP contribution >= 0.6 is 11.6 Å². The summed E-state index contributed by atoms with van der Waals surface area (Å²) in [6.45, 7) is 0. The van der Waals surface area contributed by atoms with Gasteiger partial charge in [-0.15, -0.1) is 0 Å². The molecule has 0 radical (unpaired) electrons. The van der Waals surface area contributed by atoms with E-state index in [4.69, 9.17) is 32.6 Å². The van der Waals surface area contributed by atoms with Crippen molar-refractivity contribution in [1.29, 1.82) is 10.5 Å². The number of anilines is 3. The van der Waals surface area contributed by atoms with Gasteiger partial charge in [-0.25, -0.2) is 0 Å². The lowest BCUT2D eigenvalue weighted by atomic mass is 10.0. The highest BCUT2D eigenvalue weighted by atomic mass is 35.5. The second-order valence-electron chi connectivity index (χ2n) is 6.71. The van der Waals surface area contributed by atoms with Gasteiger partial charge in [-0.1, -0.05) is 29.8 Å². The van der Waals surface area contributed by atoms with Crippen molar-refractivity contribution in [1.82, 2.24) is 9.97 Å². The fourth-order valence-corrected chi connectivity index (χ4v) is 3.14. The summed E-state index contributed by atoms with van der Waals surface area (Å²) in [6.07, 6.45) is 0. The quantitative estimate of drug-likeness (QED) is 0.412. The molecule has 0 aliphatic carbocycles. The Kier molecular flexibility index (Phi) is 5.85. The lowest BCUT2D eigenvalue weighted by Gasteiger charge is -2.11. The van der Waals surface area contributed by atoms with E-state index in [0.29, 0.717) is 27.6 Å². The predicted octanol–water partition coefficient (Wildman–Crippen LogP) is 5.66. The van der Waals surface area contributed by atoms with Crippen LogP contribution in [0.25, 0.3) is 11.1 Å². The van der Waals surface area contributed by atoms with Crippen molar-refractivity contribution < 1.29 is 4.74 Å². The van der Waals surface area contributed by atoms with Gasteiger partial charge in [0, 0.05) is 11.8 Å².